The van der Waals surface area contributed by atoms with E-state index < -0.39 is 24.7 Å². The molecule has 2 nitrogen and oxygen atoms in total. The molecule has 0 aliphatic rings. The van der Waals surface area contributed by atoms with Crippen LogP contribution in [-0.4, -0.2) is 26.2 Å². The van der Waals surface area contributed by atoms with E-state index >= 15 is 0 Å². The summed E-state index contributed by atoms with van der Waals surface area (Å²) >= 11 is 0. The highest BCUT2D eigenvalue weighted by molar-refractivity contribution is 5.18. The van der Waals surface area contributed by atoms with E-state index in [4.69, 9.17) is 0 Å². The zero-order valence-corrected chi connectivity index (χ0v) is 9.06. The minimum Gasteiger partial charge on any atom is -0.374 e. The first-order chi connectivity index (χ1) is 8.11. The van der Waals surface area contributed by atoms with E-state index in [9.17, 15) is 17.6 Å². The molecule has 0 amide bonds. The lowest BCUT2D eigenvalue weighted by Gasteiger charge is -2.07. The number of rotatable bonds is 7. The highest BCUT2D eigenvalue weighted by Crippen LogP contribution is 2.10. The fraction of sp³-hybridized carbons (Fsp3) is 0.455. The smallest absolute Gasteiger partial charge is 0.261 e. The second kappa shape index (κ2) is 7.24. The maximum atomic E-state index is 13.1. The van der Waals surface area contributed by atoms with Gasteiger partial charge in [-0.15, -0.1) is 0 Å². The Balaban J connectivity index is 2.20. The summed E-state index contributed by atoms with van der Waals surface area (Å²) < 4.78 is 53.9. The summed E-state index contributed by atoms with van der Waals surface area (Å²) in [7, 11) is 0. The van der Waals surface area contributed by atoms with Crippen LogP contribution in [0.15, 0.2) is 18.2 Å². The van der Waals surface area contributed by atoms with Crippen molar-refractivity contribution in [3.05, 3.63) is 35.4 Å². The molecular formula is C11H13F4NO. The molecule has 0 heterocycles. The van der Waals surface area contributed by atoms with Gasteiger partial charge in [0.1, 0.15) is 6.61 Å². The highest BCUT2D eigenvalue weighted by atomic mass is 19.3. The summed E-state index contributed by atoms with van der Waals surface area (Å²) in [4.78, 5) is 0. The summed E-state index contributed by atoms with van der Waals surface area (Å²) in [6.07, 6.45) is -2.49. The first-order valence-corrected chi connectivity index (χ1v) is 5.10. The van der Waals surface area contributed by atoms with E-state index in [-0.39, 0.29) is 18.7 Å². The summed E-state index contributed by atoms with van der Waals surface area (Å²) in [5.74, 6) is -1.80. The first-order valence-electron chi connectivity index (χ1n) is 5.10. The van der Waals surface area contributed by atoms with Gasteiger partial charge in [0.25, 0.3) is 6.43 Å². The Morgan fingerprint density at radius 3 is 2.71 bits per heavy atom. The van der Waals surface area contributed by atoms with Crippen LogP contribution in [0.25, 0.3) is 0 Å². The van der Waals surface area contributed by atoms with Crippen molar-refractivity contribution in [2.24, 2.45) is 0 Å². The predicted octanol–water partition coefficient (Wildman–Crippen LogP) is 2.34. The second-order valence-corrected chi connectivity index (χ2v) is 3.36. The Hall–Kier alpha value is -1.14. The van der Waals surface area contributed by atoms with Crippen molar-refractivity contribution in [2.75, 3.05) is 19.8 Å². The Morgan fingerprint density at radius 1 is 1.24 bits per heavy atom. The molecule has 0 aliphatic heterocycles. The van der Waals surface area contributed by atoms with Crippen LogP contribution in [0, 0.1) is 11.6 Å². The molecule has 0 radical (unpaired) electrons. The number of benzene rings is 1. The van der Waals surface area contributed by atoms with Gasteiger partial charge >= 0.3 is 0 Å². The summed E-state index contributed by atoms with van der Waals surface area (Å²) in [6.45, 7) is -0.0956. The third kappa shape index (κ3) is 5.14. The van der Waals surface area contributed by atoms with Gasteiger partial charge in [-0.25, -0.2) is 17.6 Å². The van der Waals surface area contributed by atoms with Crippen LogP contribution >= 0.6 is 0 Å². The number of halogens is 4. The molecular weight excluding hydrogens is 238 g/mol. The van der Waals surface area contributed by atoms with Gasteiger partial charge in [-0.05, 0) is 6.07 Å². The maximum Gasteiger partial charge on any atom is 0.261 e. The Kier molecular flexibility index (Phi) is 5.93. The van der Waals surface area contributed by atoms with Gasteiger partial charge < -0.3 is 10.1 Å². The standard InChI is InChI=1S/C11H13F4NO/c12-9-3-1-2-8(11(9)15)6-16-4-5-17-7-10(13)14/h1-3,10,16H,4-7H2. The number of hydrogen-bond donors (Lipinski definition) is 1. The van der Waals surface area contributed by atoms with Crippen LogP contribution in [0.2, 0.25) is 0 Å². The van der Waals surface area contributed by atoms with E-state index in [0.717, 1.165) is 6.07 Å². The molecule has 0 unspecified atom stereocenters. The lowest BCUT2D eigenvalue weighted by atomic mass is 10.2. The zero-order chi connectivity index (χ0) is 12.7. The van der Waals surface area contributed by atoms with Crippen molar-refractivity contribution in [3.8, 4) is 0 Å². The maximum absolute atomic E-state index is 13.1. The Morgan fingerprint density at radius 2 is 2.00 bits per heavy atom. The van der Waals surface area contributed by atoms with Crippen molar-refractivity contribution < 1.29 is 22.3 Å². The third-order valence-corrected chi connectivity index (χ3v) is 2.01. The van der Waals surface area contributed by atoms with Gasteiger partial charge in [-0.1, -0.05) is 12.1 Å². The lowest BCUT2D eigenvalue weighted by Crippen LogP contribution is -2.21. The summed E-state index contributed by atoms with van der Waals surface area (Å²) in [5, 5.41) is 2.77. The fourth-order valence-corrected chi connectivity index (χ4v) is 1.22. The minimum absolute atomic E-state index is 0.0985. The van der Waals surface area contributed by atoms with E-state index in [1.807, 2.05) is 0 Å². The Bertz CT molecular complexity index is 346. The van der Waals surface area contributed by atoms with Crippen molar-refractivity contribution >= 4 is 0 Å². The molecule has 0 saturated heterocycles. The zero-order valence-electron chi connectivity index (χ0n) is 9.06. The van der Waals surface area contributed by atoms with Crippen LogP contribution in [-0.2, 0) is 11.3 Å². The number of nitrogens with one attached hydrogen (secondary N) is 1. The van der Waals surface area contributed by atoms with E-state index in [2.05, 4.69) is 10.1 Å². The molecule has 1 rings (SSSR count). The molecule has 1 N–H and O–H groups in total. The molecule has 17 heavy (non-hydrogen) atoms. The average molecular weight is 251 g/mol. The number of hydrogen-bond acceptors (Lipinski definition) is 2. The lowest BCUT2D eigenvalue weighted by molar-refractivity contribution is 0.0187. The fourth-order valence-electron chi connectivity index (χ4n) is 1.22. The SMILES string of the molecule is Fc1cccc(CNCCOCC(F)F)c1F. The van der Waals surface area contributed by atoms with E-state index in [0.29, 0.717) is 6.54 Å². The molecule has 0 aliphatic carbocycles. The van der Waals surface area contributed by atoms with Crippen molar-refractivity contribution in [3.63, 3.8) is 0 Å². The molecule has 6 heteroatoms. The predicted molar refractivity (Wildman–Crippen MR) is 54.9 cm³/mol. The molecule has 0 saturated carbocycles. The summed E-state index contributed by atoms with van der Waals surface area (Å²) in [5.41, 5.74) is 0.193. The largest absolute Gasteiger partial charge is 0.374 e. The quantitative estimate of drug-likeness (QED) is 0.593. The van der Waals surface area contributed by atoms with Crippen LogP contribution < -0.4 is 5.32 Å². The topological polar surface area (TPSA) is 21.3 Å². The Labute approximate surface area is 96.6 Å². The van der Waals surface area contributed by atoms with Gasteiger partial charge in [-0.2, -0.15) is 0 Å². The average Bonchev–Trinajstić information content (AvgIpc) is 2.28. The van der Waals surface area contributed by atoms with Gasteiger partial charge in [0.05, 0.1) is 6.61 Å². The minimum atomic E-state index is -2.49. The van der Waals surface area contributed by atoms with E-state index in [1.165, 1.54) is 12.1 Å². The van der Waals surface area contributed by atoms with Crippen molar-refractivity contribution in [1.82, 2.24) is 5.32 Å². The number of ether oxygens (including phenoxy) is 1. The number of alkyl halides is 2. The molecule has 0 atom stereocenters. The van der Waals surface area contributed by atoms with Crippen molar-refractivity contribution in [2.45, 2.75) is 13.0 Å². The molecule has 0 spiro atoms. The molecule has 0 fully saturated rings. The van der Waals surface area contributed by atoms with Gasteiger partial charge in [-0.3, -0.25) is 0 Å². The molecule has 0 bridgehead atoms. The molecule has 96 valence electrons. The third-order valence-electron chi connectivity index (χ3n) is 2.01. The molecule has 0 aromatic heterocycles. The van der Waals surface area contributed by atoms with Crippen LogP contribution in [0.3, 0.4) is 0 Å². The molecule has 1 aromatic carbocycles. The van der Waals surface area contributed by atoms with Crippen LogP contribution in [0.1, 0.15) is 5.56 Å². The highest BCUT2D eigenvalue weighted by Gasteiger charge is 2.06. The second-order valence-electron chi connectivity index (χ2n) is 3.36. The van der Waals surface area contributed by atoms with Gasteiger partial charge in [0, 0.05) is 18.7 Å². The normalized spacial score (nSPS) is 11.1. The van der Waals surface area contributed by atoms with Gasteiger partial charge in [0.2, 0.25) is 0 Å². The summed E-state index contributed by atoms with van der Waals surface area (Å²) in [6, 6.07) is 3.89. The van der Waals surface area contributed by atoms with Crippen LogP contribution in [0.4, 0.5) is 17.6 Å². The molecule has 1 aromatic rings. The van der Waals surface area contributed by atoms with E-state index in [1.54, 1.807) is 0 Å². The van der Waals surface area contributed by atoms with Gasteiger partial charge in [0.15, 0.2) is 11.6 Å². The van der Waals surface area contributed by atoms with Crippen molar-refractivity contribution in [1.29, 1.82) is 0 Å². The first kappa shape index (κ1) is 13.9. The van der Waals surface area contributed by atoms with Crippen LogP contribution in [0.5, 0.6) is 0 Å². The monoisotopic (exact) mass is 251 g/mol.